The molecular formula is C12H19NO. The molecule has 0 spiro atoms. The van der Waals surface area contributed by atoms with Crippen LogP contribution in [0.1, 0.15) is 25.0 Å². The number of phenols is 1. The summed E-state index contributed by atoms with van der Waals surface area (Å²) in [4.78, 5) is 0. The predicted molar refractivity (Wildman–Crippen MR) is 60.9 cm³/mol. The first-order chi connectivity index (χ1) is 6.50. The summed E-state index contributed by atoms with van der Waals surface area (Å²) in [5, 5.41) is 12.8. The summed E-state index contributed by atoms with van der Waals surface area (Å²) in [6.07, 6.45) is 0. The molecule has 0 unspecified atom stereocenters. The first kappa shape index (κ1) is 10.9. The second-order valence-corrected chi connectivity index (χ2v) is 4.23. The fourth-order valence-corrected chi connectivity index (χ4v) is 1.31. The number of phenolic OH excluding ortho intramolecular Hbond substituents is 1. The van der Waals surface area contributed by atoms with Crippen molar-refractivity contribution in [3.63, 3.8) is 0 Å². The number of hydrogen-bond acceptors (Lipinski definition) is 2. The van der Waals surface area contributed by atoms with Crippen molar-refractivity contribution in [2.45, 2.75) is 27.7 Å². The van der Waals surface area contributed by atoms with Gasteiger partial charge in [-0.2, -0.15) is 0 Å². The summed E-state index contributed by atoms with van der Waals surface area (Å²) in [6.45, 7) is 9.23. The minimum atomic E-state index is 0.373. The van der Waals surface area contributed by atoms with Gasteiger partial charge in [-0.1, -0.05) is 13.8 Å². The SMILES string of the molecule is Cc1cc(NCC(C)C)c(C)cc1O. The van der Waals surface area contributed by atoms with Crippen LogP contribution in [0, 0.1) is 19.8 Å². The lowest BCUT2D eigenvalue weighted by atomic mass is 10.1. The van der Waals surface area contributed by atoms with Crippen LogP contribution >= 0.6 is 0 Å². The van der Waals surface area contributed by atoms with Crippen molar-refractivity contribution in [2.24, 2.45) is 5.92 Å². The van der Waals surface area contributed by atoms with Gasteiger partial charge in [0.15, 0.2) is 0 Å². The third-order valence-corrected chi connectivity index (χ3v) is 2.24. The molecule has 0 atom stereocenters. The third kappa shape index (κ3) is 2.66. The molecule has 0 aliphatic heterocycles. The Morgan fingerprint density at radius 3 is 2.43 bits per heavy atom. The van der Waals surface area contributed by atoms with Gasteiger partial charge in [0.05, 0.1) is 0 Å². The third-order valence-electron chi connectivity index (χ3n) is 2.24. The molecule has 0 aliphatic carbocycles. The topological polar surface area (TPSA) is 32.3 Å². The number of hydrogen-bond donors (Lipinski definition) is 2. The van der Waals surface area contributed by atoms with Crippen molar-refractivity contribution in [1.29, 1.82) is 0 Å². The van der Waals surface area contributed by atoms with E-state index in [0.29, 0.717) is 11.7 Å². The minimum absolute atomic E-state index is 0.373. The van der Waals surface area contributed by atoms with E-state index in [4.69, 9.17) is 0 Å². The largest absolute Gasteiger partial charge is 0.508 e. The van der Waals surface area contributed by atoms with E-state index in [2.05, 4.69) is 19.2 Å². The Labute approximate surface area is 86.0 Å². The minimum Gasteiger partial charge on any atom is -0.508 e. The molecule has 2 N–H and O–H groups in total. The summed E-state index contributed by atoms with van der Waals surface area (Å²) in [5.41, 5.74) is 3.13. The van der Waals surface area contributed by atoms with Crippen molar-refractivity contribution in [3.8, 4) is 5.75 Å². The van der Waals surface area contributed by atoms with Crippen LogP contribution in [0.2, 0.25) is 0 Å². The maximum atomic E-state index is 9.47. The van der Waals surface area contributed by atoms with Crippen LogP contribution in [0.3, 0.4) is 0 Å². The van der Waals surface area contributed by atoms with Crippen LogP contribution in [-0.2, 0) is 0 Å². The van der Waals surface area contributed by atoms with E-state index in [1.807, 2.05) is 19.9 Å². The molecule has 0 saturated carbocycles. The molecule has 0 fully saturated rings. The average Bonchev–Trinajstić information content (AvgIpc) is 2.09. The Kier molecular flexibility index (Phi) is 3.39. The van der Waals surface area contributed by atoms with E-state index in [-0.39, 0.29) is 0 Å². The van der Waals surface area contributed by atoms with Gasteiger partial charge in [0.2, 0.25) is 0 Å². The van der Waals surface area contributed by atoms with Gasteiger partial charge in [0.25, 0.3) is 0 Å². The molecule has 0 amide bonds. The van der Waals surface area contributed by atoms with Gasteiger partial charge in [-0.25, -0.2) is 0 Å². The molecule has 0 bridgehead atoms. The van der Waals surface area contributed by atoms with Gasteiger partial charge in [0.1, 0.15) is 5.75 Å². The summed E-state index contributed by atoms with van der Waals surface area (Å²) < 4.78 is 0. The standard InChI is InChI=1S/C12H19NO/c1-8(2)7-13-11-5-10(4)12(14)6-9(11)3/h5-6,8,13-14H,7H2,1-4H3. The van der Waals surface area contributed by atoms with Crippen LogP contribution in [0.5, 0.6) is 5.75 Å². The Balaban J connectivity index is 2.82. The fourth-order valence-electron chi connectivity index (χ4n) is 1.31. The monoisotopic (exact) mass is 193 g/mol. The molecule has 2 nitrogen and oxygen atoms in total. The quantitative estimate of drug-likeness (QED) is 0.723. The molecule has 0 radical (unpaired) electrons. The Morgan fingerprint density at radius 1 is 1.21 bits per heavy atom. The highest BCUT2D eigenvalue weighted by Gasteiger charge is 2.03. The molecule has 1 aromatic carbocycles. The molecule has 2 heteroatoms. The molecule has 0 heterocycles. The molecular weight excluding hydrogens is 174 g/mol. The van der Waals surface area contributed by atoms with Crippen LogP contribution in [0.15, 0.2) is 12.1 Å². The molecule has 1 rings (SSSR count). The molecule has 0 aliphatic rings. The molecule has 1 aromatic rings. The van der Waals surface area contributed by atoms with E-state index in [1.165, 1.54) is 0 Å². The van der Waals surface area contributed by atoms with Crippen molar-refractivity contribution in [1.82, 2.24) is 0 Å². The van der Waals surface area contributed by atoms with Crippen LogP contribution < -0.4 is 5.32 Å². The molecule has 0 aromatic heterocycles. The zero-order valence-corrected chi connectivity index (χ0v) is 9.39. The second-order valence-electron chi connectivity index (χ2n) is 4.23. The first-order valence-electron chi connectivity index (χ1n) is 5.04. The Bertz CT molecular complexity index is 318. The maximum Gasteiger partial charge on any atom is 0.118 e. The van der Waals surface area contributed by atoms with Gasteiger partial charge < -0.3 is 10.4 Å². The zero-order chi connectivity index (χ0) is 10.7. The van der Waals surface area contributed by atoms with Crippen molar-refractivity contribution < 1.29 is 5.11 Å². The number of rotatable bonds is 3. The van der Waals surface area contributed by atoms with Crippen molar-refractivity contribution >= 4 is 5.69 Å². The number of benzene rings is 1. The lowest BCUT2D eigenvalue weighted by Gasteiger charge is -2.13. The molecule has 14 heavy (non-hydrogen) atoms. The molecule has 0 saturated heterocycles. The van der Waals surface area contributed by atoms with Crippen LogP contribution in [0.25, 0.3) is 0 Å². The van der Waals surface area contributed by atoms with E-state index >= 15 is 0 Å². The van der Waals surface area contributed by atoms with Crippen LogP contribution in [-0.4, -0.2) is 11.7 Å². The first-order valence-corrected chi connectivity index (χ1v) is 5.04. The van der Waals surface area contributed by atoms with E-state index in [1.54, 1.807) is 6.07 Å². The number of nitrogens with one attached hydrogen (secondary N) is 1. The van der Waals surface area contributed by atoms with E-state index in [9.17, 15) is 5.11 Å². The van der Waals surface area contributed by atoms with E-state index in [0.717, 1.165) is 23.4 Å². The Morgan fingerprint density at radius 2 is 1.86 bits per heavy atom. The number of aryl methyl sites for hydroxylation is 2. The Hall–Kier alpha value is -1.18. The lowest BCUT2D eigenvalue weighted by Crippen LogP contribution is -2.08. The second kappa shape index (κ2) is 4.36. The number of aromatic hydroxyl groups is 1. The van der Waals surface area contributed by atoms with Crippen molar-refractivity contribution in [3.05, 3.63) is 23.3 Å². The normalized spacial score (nSPS) is 10.6. The average molecular weight is 193 g/mol. The number of anilines is 1. The zero-order valence-electron chi connectivity index (χ0n) is 9.39. The summed E-state index contributed by atoms with van der Waals surface area (Å²) >= 11 is 0. The van der Waals surface area contributed by atoms with Gasteiger partial charge in [-0.05, 0) is 43.0 Å². The van der Waals surface area contributed by atoms with Gasteiger partial charge in [-0.3, -0.25) is 0 Å². The summed E-state index contributed by atoms with van der Waals surface area (Å²) in [7, 11) is 0. The lowest BCUT2D eigenvalue weighted by molar-refractivity contribution is 0.471. The highest BCUT2D eigenvalue weighted by Crippen LogP contribution is 2.24. The highest BCUT2D eigenvalue weighted by molar-refractivity contribution is 5.56. The summed E-state index contributed by atoms with van der Waals surface area (Å²) in [5.74, 6) is 1.00. The predicted octanol–water partition coefficient (Wildman–Crippen LogP) is 3.08. The van der Waals surface area contributed by atoms with Gasteiger partial charge in [0, 0.05) is 12.2 Å². The van der Waals surface area contributed by atoms with Gasteiger partial charge in [-0.15, -0.1) is 0 Å². The maximum absolute atomic E-state index is 9.47. The van der Waals surface area contributed by atoms with Crippen LogP contribution in [0.4, 0.5) is 5.69 Å². The van der Waals surface area contributed by atoms with E-state index < -0.39 is 0 Å². The van der Waals surface area contributed by atoms with Crippen molar-refractivity contribution in [2.75, 3.05) is 11.9 Å². The smallest absolute Gasteiger partial charge is 0.118 e. The molecule has 78 valence electrons. The van der Waals surface area contributed by atoms with Gasteiger partial charge >= 0.3 is 0 Å². The fraction of sp³-hybridized carbons (Fsp3) is 0.500. The highest BCUT2D eigenvalue weighted by atomic mass is 16.3. The summed E-state index contributed by atoms with van der Waals surface area (Å²) in [6, 6.07) is 3.80.